The lowest BCUT2D eigenvalue weighted by atomic mass is 10.1. The van der Waals surface area contributed by atoms with Gasteiger partial charge in [-0.05, 0) is 32.8 Å². The lowest BCUT2D eigenvalue weighted by Gasteiger charge is -1.98. The van der Waals surface area contributed by atoms with Crippen LogP contribution in [0.5, 0.6) is 0 Å². The van der Waals surface area contributed by atoms with E-state index in [1.807, 2.05) is 0 Å². The van der Waals surface area contributed by atoms with Crippen LogP contribution in [0.2, 0.25) is 0 Å². The average Bonchev–Trinajstić information content (AvgIpc) is 2.82. The zero-order chi connectivity index (χ0) is 9.42. The lowest BCUT2D eigenvalue weighted by Crippen LogP contribution is -1.80. The molecular weight excluding hydrogens is 156 g/mol. The van der Waals surface area contributed by atoms with E-state index in [1.54, 1.807) is 5.57 Å². The van der Waals surface area contributed by atoms with Crippen molar-refractivity contribution in [2.75, 3.05) is 0 Å². The summed E-state index contributed by atoms with van der Waals surface area (Å²) < 4.78 is 0. The van der Waals surface area contributed by atoms with Crippen LogP contribution in [0.1, 0.15) is 37.3 Å². The van der Waals surface area contributed by atoms with Gasteiger partial charge in [0.2, 0.25) is 0 Å². The Morgan fingerprint density at radius 2 is 2.08 bits per heavy atom. The van der Waals surface area contributed by atoms with Crippen LogP contribution in [0, 0.1) is 6.92 Å². The minimum Gasteiger partial charge on any atom is -0.0766 e. The maximum Gasteiger partial charge on any atom is 0.00885 e. The Kier molecular flexibility index (Phi) is 1.99. The quantitative estimate of drug-likeness (QED) is 0.565. The zero-order valence-electron chi connectivity index (χ0n) is 8.59. The number of hydrogen-bond acceptors (Lipinski definition) is 0. The summed E-state index contributed by atoms with van der Waals surface area (Å²) in [6.45, 7) is 6.59. The van der Waals surface area contributed by atoms with Crippen molar-refractivity contribution in [3.05, 3.63) is 46.5 Å². The van der Waals surface area contributed by atoms with Gasteiger partial charge in [-0.25, -0.2) is 0 Å². The van der Waals surface area contributed by atoms with Gasteiger partial charge >= 0.3 is 0 Å². The van der Waals surface area contributed by atoms with E-state index in [2.05, 4.69) is 45.0 Å². The molecule has 0 aromatic heterocycles. The molecule has 0 radical (unpaired) electrons. The molecule has 0 aliphatic heterocycles. The molecule has 1 saturated carbocycles. The summed E-state index contributed by atoms with van der Waals surface area (Å²) in [5.74, 6) is 0.741. The Labute approximate surface area is 80.3 Å². The molecule has 0 nitrogen and oxygen atoms in total. The average molecular weight is 172 g/mol. The van der Waals surface area contributed by atoms with E-state index in [0.29, 0.717) is 0 Å². The first-order valence-corrected chi connectivity index (χ1v) is 4.91. The van der Waals surface area contributed by atoms with Crippen LogP contribution in [-0.2, 0) is 0 Å². The second-order valence-corrected chi connectivity index (χ2v) is 4.20. The van der Waals surface area contributed by atoms with Crippen LogP contribution < -0.4 is 0 Å². The van der Waals surface area contributed by atoms with Crippen LogP contribution >= 0.6 is 0 Å². The van der Waals surface area contributed by atoms with Crippen molar-refractivity contribution in [2.24, 2.45) is 0 Å². The van der Waals surface area contributed by atoms with E-state index < -0.39 is 0 Å². The van der Waals surface area contributed by atoms with Gasteiger partial charge in [-0.1, -0.05) is 41.0 Å². The standard InChI is InChI=1S/C13H16/c1-9(2)12-8-13(12)11-6-4-5-10(3)7-11/h4-7,13H,8H2,1-3H3. The lowest BCUT2D eigenvalue weighted by molar-refractivity contribution is 1.14. The fourth-order valence-corrected chi connectivity index (χ4v) is 1.92. The Morgan fingerprint density at radius 1 is 1.31 bits per heavy atom. The highest BCUT2D eigenvalue weighted by molar-refractivity contribution is 5.44. The molecule has 0 amide bonds. The first-order valence-electron chi connectivity index (χ1n) is 4.91. The third kappa shape index (κ3) is 1.67. The molecular formula is C13H16. The summed E-state index contributed by atoms with van der Waals surface area (Å²) in [5.41, 5.74) is 6.02. The second-order valence-electron chi connectivity index (χ2n) is 4.20. The monoisotopic (exact) mass is 172 g/mol. The van der Waals surface area contributed by atoms with E-state index in [1.165, 1.54) is 23.1 Å². The first kappa shape index (κ1) is 8.55. The molecule has 0 heteroatoms. The van der Waals surface area contributed by atoms with Gasteiger partial charge in [0, 0.05) is 5.92 Å². The van der Waals surface area contributed by atoms with Crippen LogP contribution in [0.4, 0.5) is 0 Å². The highest BCUT2D eigenvalue weighted by Gasteiger charge is 2.31. The molecule has 0 bridgehead atoms. The van der Waals surface area contributed by atoms with Gasteiger partial charge in [0.25, 0.3) is 0 Å². The SMILES string of the molecule is CC(C)=C1CC1c1cccc(C)c1. The van der Waals surface area contributed by atoms with E-state index in [0.717, 1.165) is 5.92 Å². The molecule has 1 aliphatic rings. The summed E-state index contributed by atoms with van der Waals surface area (Å²) in [4.78, 5) is 0. The van der Waals surface area contributed by atoms with Crippen LogP contribution in [0.15, 0.2) is 35.4 Å². The number of hydrogen-bond donors (Lipinski definition) is 0. The Bertz CT molecular complexity index is 354. The molecule has 2 rings (SSSR count). The predicted octanol–water partition coefficient (Wildman–Crippen LogP) is 3.82. The molecule has 0 spiro atoms. The van der Waals surface area contributed by atoms with Crippen molar-refractivity contribution in [2.45, 2.75) is 33.1 Å². The van der Waals surface area contributed by atoms with Gasteiger partial charge in [-0.15, -0.1) is 0 Å². The largest absolute Gasteiger partial charge is 0.0766 e. The smallest absolute Gasteiger partial charge is 0.00885 e. The van der Waals surface area contributed by atoms with Gasteiger partial charge < -0.3 is 0 Å². The van der Waals surface area contributed by atoms with Crippen LogP contribution in [0.3, 0.4) is 0 Å². The van der Waals surface area contributed by atoms with Crippen LogP contribution in [-0.4, -0.2) is 0 Å². The maximum absolute atomic E-state index is 2.31. The van der Waals surface area contributed by atoms with Crippen molar-refractivity contribution in [3.8, 4) is 0 Å². The molecule has 68 valence electrons. The fraction of sp³-hybridized carbons (Fsp3) is 0.385. The maximum atomic E-state index is 2.31. The molecule has 1 aromatic rings. The molecule has 1 unspecified atom stereocenters. The summed E-state index contributed by atoms with van der Waals surface area (Å²) in [5, 5.41) is 0. The number of benzene rings is 1. The molecule has 0 N–H and O–H groups in total. The van der Waals surface area contributed by atoms with Gasteiger partial charge in [0.15, 0.2) is 0 Å². The Morgan fingerprint density at radius 3 is 2.62 bits per heavy atom. The van der Waals surface area contributed by atoms with E-state index in [-0.39, 0.29) is 0 Å². The number of allylic oxidation sites excluding steroid dienone is 2. The summed E-state index contributed by atoms with van der Waals surface area (Å²) in [6, 6.07) is 8.87. The first-order chi connectivity index (χ1) is 6.18. The molecule has 1 fully saturated rings. The molecule has 1 aromatic carbocycles. The van der Waals surface area contributed by atoms with Crippen molar-refractivity contribution >= 4 is 0 Å². The van der Waals surface area contributed by atoms with Crippen molar-refractivity contribution in [1.29, 1.82) is 0 Å². The van der Waals surface area contributed by atoms with Gasteiger partial charge in [0.05, 0.1) is 0 Å². The van der Waals surface area contributed by atoms with E-state index in [9.17, 15) is 0 Å². The molecule has 1 atom stereocenters. The van der Waals surface area contributed by atoms with E-state index >= 15 is 0 Å². The van der Waals surface area contributed by atoms with Crippen molar-refractivity contribution in [1.82, 2.24) is 0 Å². The van der Waals surface area contributed by atoms with Crippen LogP contribution in [0.25, 0.3) is 0 Å². The Balaban J connectivity index is 2.26. The van der Waals surface area contributed by atoms with Gasteiger partial charge in [-0.3, -0.25) is 0 Å². The number of aryl methyl sites for hydroxylation is 1. The summed E-state index contributed by atoms with van der Waals surface area (Å²) in [7, 11) is 0. The molecule has 13 heavy (non-hydrogen) atoms. The Hall–Kier alpha value is -1.04. The van der Waals surface area contributed by atoms with Crippen molar-refractivity contribution in [3.63, 3.8) is 0 Å². The second kappa shape index (κ2) is 3.02. The normalized spacial score (nSPS) is 20.2. The topological polar surface area (TPSA) is 0 Å². The van der Waals surface area contributed by atoms with Gasteiger partial charge in [-0.2, -0.15) is 0 Å². The molecule has 0 saturated heterocycles. The van der Waals surface area contributed by atoms with Crippen molar-refractivity contribution < 1.29 is 0 Å². The minimum absolute atomic E-state index is 0.741. The highest BCUT2D eigenvalue weighted by atomic mass is 14.4. The third-order valence-electron chi connectivity index (χ3n) is 2.77. The zero-order valence-corrected chi connectivity index (χ0v) is 8.59. The van der Waals surface area contributed by atoms with Gasteiger partial charge in [0.1, 0.15) is 0 Å². The predicted molar refractivity (Wildman–Crippen MR) is 56.9 cm³/mol. The fourth-order valence-electron chi connectivity index (χ4n) is 1.92. The summed E-state index contributed by atoms with van der Waals surface area (Å²) in [6.07, 6.45) is 1.28. The highest BCUT2D eigenvalue weighted by Crippen LogP contribution is 2.48. The molecule has 1 aliphatic carbocycles. The summed E-state index contributed by atoms with van der Waals surface area (Å²) >= 11 is 0. The molecule has 0 heterocycles. The number of rotatable bonds is 1. The third-order valence-corrected chi connectivity index (χ3v) is 2.77. The minimum atomic E-state index is 0.741. The van der Waals surface area contributed by atoms with E-state index in [4.69, 9.17) is 0 Å².